The van der Waals surface area contributed by atoms with E-state index in [1.165, 1.54) is 4.90 Å². The lowest BCUT2D eigenvalue weighted by Gasteiger charge is -2.09. The van der Waals surface area contributed by atoms with Gasteiger partial charge in [-0.15, -0.1) is 0 Å². The SMILES string of the molecule is COc1ccc(C(=O)NCC#Cc2ccc(C(=O)N(C)C)cc2)cc1. The Hall–Kier alpha value is -3.26. The Morgan fingerprint density at radius 3 is 2.16 bits per heavy atom. The van der Waals surface area contributed by atoms with E-state index in [9.17, 15) is 9.59 Å². The Bertz CT molecular complexity index is 798. The molecule has 0 aliphatic rings. The minimum Gasteiger partial charge on any atom is -0.497 e. The topological polar surface area (TPSA) is 58.6 Å². The van der Waals surface area contributed by atoms with Crippen LogP contribution in [0.2, 0.25) is 0 Å². The normalized spacial score (nSPS) is 9.56. The first-order valence-electron chi connectivity index (χ1n) is 7.74. The molecule has 0 fully saturated rings. The molecule has 0 saturated carbocycles. The maximum atomic E-state index is 12.0. The number of amides is 2. The van der Waals surface area contributed by atoms with Gasteiger partial charge in [-0.1, -0.05) is 11.8 Å². The average Bonchev–Trinajstić information content (AvgIpc) is 2.65. The Balaban J connectivity index is 1.89. The van der Waals surface area contributed by atoms with Gasteiger partial charge in [-0.2, -0.15) is 0 Å². The molecule has 2 rings (SSSR count). The Morgan fingerprint density at radius 2 is 1.60 bits per heavy atom. The smallest absolute Gasteiger partial charge is 0.253 e. The number of carbonyl (C=O) groups is 2. The summed E-state index contributed by atoms with van der Waals surface area (Å²) in [7, 11) is 5.00. The molecule has 0 aliphatic carbocycles. The number of methoxy groups -OCH3 is 1. The molecule has 0 radical (unpaired) electrons. The van der Waals surface area contributed by atoms with Crippen molar-refractivity contribution in [2.24, 2.45) is 0 Å². The number of ether oxygens (including phenoxy) is 1. The summed E-state index contributed by atoms with van der Waals surface area (Å²) >= 11 is 0. The Labute approximate surface area is 147 Å². The van der Waals surface area contributed by atoms with Gasteiger partial charge in [0.15, 0.2) is 0 Å². The van der Waals surface area contributed by atoms with E-state index in [0.717, 1.165) is 5.56 Å². The second-order valence-electron chi connectivity index (χ2n) is 5.49. The third kappa shape index (κ3) is 5.11. The summed E-state index contributed by atoms with van der Waals surface area (Å²) in [5.74, 6) is 6.31. The fourth-order valence-corrected chi connectivity index (χ4v) is 2.07. The maximum absolute atomic E-state index is 12.0. The molecule has 25 heavy (non-hydrogen) atoms. The molecular weight excluding hydrogens is 316 g/mol. The van der Waals surface area contributed by atoms with Crippen LogP contribution in [-0.2, 0) is 0 Å². The van der Waals surface area contributed by atoms with Crippen LogP contribution in [0.1, 0.15) is 26.3 Å². The molecule has 0 bridgehead atoms. The van der Waals surface area contributed by atoms with E-state index in [1.54, 1.807) is 69.7 Å². The molecule has 2 amide bonds. The summed E-state index contributed by atoms with van der Waals surface area (Å²) in [6.07, 6.45) is 0. The predicted molar refractivity (Wildman–Crippen MR) is 96.7 cm³/mol. The van der Waals surface area contributed by atoms with E-state index in [-0.39, 0.29) is 18.4 Å². The van der Waals surface area contributed by atoms with E-state index >= 15 is 0 Å². The number of carbonyl (C=O) groups excluding carboxylic acids is 2. The zero-order chi connectivity index (χ0) is 18.2. The van der Waals surface area contributed by atoms with Gasteiger partial charge in [-0.05, 0) is 48.5 Å². The van der Waals surface area contributed by atoms with Crippen LogP contribution in [0.25, 0.3) is 0 Å². The van der Waals surface area contributed by atoms with E-state index in [4.69, 9.17) is 4.74 Å². The van der Waals surface area contributed by atoms with Crippen molar-refractivity contribution in [2.75, 3.05) is 27.7 Å². The average molecular weight is 336 g/mol. The number of hydrogen-bond donors (Lipinski definition) is 1. The summed E-state index contributed by atoms with van der Waals surface area (Å²) in [5.41, 5.74) is 1.95. The lowest BCUT2D eigenvalue weighted by Crippen LogP contribution is -2.23. The van der Waals surface area contributed by atoms with Gasteiger partial charge in [0, 0.05) is 30.8 Å². The fraction of sp³-hybridized carbons (Fsp3) is 0.200. The Morgan fingerprint density at radius 1 is 1.00 bits per heavy atom. The Kier molecular flexibility index (Phi) is 6.19. The van der Waals surface area contributed by atoms with Gasteiger partial charge in [-0.3, -0.25) is 9.59 Å². The molecule has 0 aliphatic heterocycles. The standard InChI is InChI=1S/C20H20N2O3/c1-22(2)20(24)17-8-6-15(7-9-17)5-4-14-21-19(23)16-10-12-18(25-3)13-11-16/h6-13H,14H2,1-3H3,(H,21,23). The van der Waals surface area contributed by atoms with Crippen molar-refractivity contribution < 1.29 is 14.3 Å². The van der Waals surface area contributed by atoms with E-state index in [0.29, 0.717) is 16.9 Å². The molecule has 0 saturated heterocycles. The van der Waals surface area contributed by atoms with Crippen LogP contribution in [0.15, 0.2) is 48.5 Å². The van der Waals surface area contributed by atoms with Crippen LogP contribution in [-0.4, -0.2) is 44.5 Å². The summed E-state index contributed by atoms with van der Waals surface area (Å²) in [5, 5.41) is 2.74. The van der Waals surface area contributed by atoms with Gasteiger partial charge < -0.3 is 15.0 Å². The molecular formula is C20H20N2O3. The van der Waals surface area contributed by atoms with Crippen molar-refractivity contribution in [1.29, 1.82) is 0 Å². The zero-order valence-electron chi connectivity index (χ0n) is 14.5. The van der Waals surface area contributed by atoms with Crippen LogP contribution < -0.4 is 10.1 Å². The molecule has 0 heterocycles. The number of rotatable bonds is 4. The molecule has 2 aromatic carbocycles. The van der Waals surface area contributed by atoms with Crippen molar-refractivity contribution >= 4 is 11.8 Å². The van der Waals surface area contributed by atoms with Gasteiger partial charge in [0.05, 0.1) is 13.7 Å². The maximum Gasteiger partial charge on any atom is 0.253 e. The number of nitrogens with one attached hydrogen (secondary N) is 1. The highest BCUT2D eigenvalue weighted by Gasteiger charge is 2.06. The van der Waals surface area contributed by atoms with Crippen molar-refractivity contribution in [2.45, 2.75) is 0 Å². The molecule has 0 spiro atoms. The first-order valence-corrected chi connectivity index (χ1v) is 7.74. The van der Waals surface area contributed by atoms with E-state index in [1.807, 2.05) is 0 Å². The van der Waals surface area contributed by atoms with Crippen molar-refractivity contribution in [3.63, 3.8) is 0 Å². The first kappa shape index (κ1) is 18.1. The second kappa shape index (κ2) is 8.55. The van der Waals surface area contributed by atoms with Crippen LogP contribution >= 0.6 is 0 Å². The lowest BCUT2D eigenvalue weighted by molar-refractivity contribution is 0.0827. The monoisotopic (exact) mass is 336 g/mol. The fourth-order valence-electron chi connectivity index (χ4n) is 2.07. The van der Waals surface area contributed by atoms with Crippen LogP contribution in [0.3, 0.4) is 0 Å². The third-order valence-electron chi connectivity index (χ3n) is 3.46. The van der Waals surface area contributed by atoms with Crippen LogP contribution in [0.5, 0.6) is 5.75 Å². The molecule has 0 atom stereocenters. The molecule has 128 valence electrons. The van der Waals surface area contributed by atoms with Gasteiger partial charge >= 0.3 is 0 Å². The minimum absolute atomic E-state index is 0.0498. The molecule has 0 aromatic heterocycles. The van der Waals surface area contributed by atoms with Crippen molar-refractivity contribution in [3.05, 3.63) is 65.2 Å². The van der Waals surface area contributed by atoms with Gasteiger partial charge in [0.2, 0.25) is 0 Å². The highest BCUT2D eigenvalue weighted by atomic mass is 16.5. The largest absolute Gasteiger partial charge is 0.497 e. The zero-order valence-corrected chi connectivity index (χ0v) is 14.5. The molecule has 0 unspecified atom stereocenters. The van der Waals surface area contributed by atoms with Crippen LogP contribution in [0, 0.1) is 11.8 Å². The molecule has 5 heteroatoms. The van der Waals surface area contributed by atoms with Gasteiger partial charge in [0.1, 0.15) is 5.75 Å². The first-order chi connectivity index (χ1) is 12.0. The van der Waals surface area contributed by atoms with E-state index in [2.05, 4.69) is 17.2 Å². The van der Waals surface area contributed by atoms with Gasteiger partial charge in [0.25, 0.3) is 11.8 Å². The second-order valence-corrected chi connectivity index (χ2v) is 5.49. The number of benzene rings is 2. The van der Waals surface area contributed by atoms with Gasteiger partial charge in [-0.25, -0.2) is 0 Å². The lowest BCUT2D eigenvalue weighted by atomic mass is 10.1. The highest BCUT2D eigenvalue weighted by Crippen LogP contribution is 2.11. The van der Waals surface area contributed by atoms with Crippen molar-refractivity contribution in [1.82, 2.24) is 10.2 Å². The summed E-state index contributed by atoms with van der Waals surface area (Å²) in [4.78, 5) is 25.3. The number of hydrogen-bond acceptors (Lipinski definition) is 3. The quantitative estimate of drug-likeness (QED) is 0.871. The minimum atomic E-state index is -0.191. The molecule has 1 N–H and O–H groups in total. The highest BCUT2D eigenvalue weighted by molar-refractivity contribution is 5.94. The number of nitrogens with zero attached hydrogens (tertiary/aromatic N) is 1. The predicted octanol–water partition coefficient (Wildman–Crippen LogP) is 2.18. The molecule has 5 nitrogen and oxygen atoms in total. The summed E-state index contributed by atoms with van der Waals surface area (Å²) in [6.45, 7) is 0.239. The summed E-state index contributed by atoms with van der Waals surface area (Å²) in [6, 6.07) is 13.9. The summed E-state index contributed by atoms with van der Waals surface area (Å²) < 4.78 is 5.05. The van der Waals surface area contributed by atoms with E-state index < -0.39 is 0 Å². The van der Waals surface area contributed by atoms with Crippen molar-refractivity contribution in [3.8, 4) is 17.6 Å². The molecule has 2 aromatic rings. The third-order valence-corrected chi connectivity index (χ3v) is 3.46. The van der Waals surface area contributed by atoms with Crippen LogP contribution in [0.4, 0.5) is 0 Å².